The van der Waals surface area contributed by atoms with Crippen LogP contribution in [0.2, 0.25) is 0 Å². The lowest BCUT2D eigenvalue weighted by Crippen LogP contribution is -2.57. The molecule has 2 rings (SSSR count). The van der Waals surface area contributed by atoms with Crippen molar-refractivity contribution in [2.45, 2.75) is 25.3 Å². The zero-order valence-corrected chi connectivity index (χ0v) is 11.5. The van der Waals surface area contributed by atoms with Crippen molar-refractivity contribution in [1.29, 1.82) is 0 Å². The van der Waals surface area contributed by atoms with Crippen molar-refractivity contribution in [2.24, 2.45) is 0 Å². The van der Waals surface area contributed by atoms with Crippen molar-refractivity contribution in [2.75, 3.05) is 52.9 Å². The summed E-state index contributed by atoms with van der Waals surface area (Å²) in [5.41, 5.74) is 0. The van der Waals surface area contributed by atoms with Gasteiger partial charge in [0.1, 0.15) is 6.04 Å². The molecule has 1 atom stereocenters. The van der Waals surface area contributed by atoms with Crippen LogP contribution in [0.25, 0.3) is 0 Å². The van der Waals surface area contributed by atoms with Crippen LogP contribution in [0.5, 0.6) is 0 Å². The zero-order valence-electron chi connectivity index (χ0n) is 11.5. The Hall–Kier alpha value is -0.650. The van der Waals surface area contributed by atoms with Crippen molar-refractivity contribution in [3.63, 3.8) is 0 Å². The SMILES string of the molecule is CNC(=O)C1CNCCN1CCCN1CCCC1. The molecule has 2 aliphatic heterocycles. The van der Waals surface area contributed by atoms with Crippen LogP contribution in [-0.4, -0.2) is 74.6 Å². The van der Waals surface area contributed by atoms with Gasteiger partial charge in [-0.3, -0.25) is 9.69 Å². The molecule has 2 aliphatic rings. The molecule has 104 valence electrons. The second-order valence-electron chi connectivity index (χ2n) is 5.27. The molecule has 1 unspecified atom stereocenters. The lowest BCUT2D eigenvalue weighted by molar-refractivity contribution is -0.126. The zero-order chi connectivity index (χ0) is 12.8. The van der Waals surface area contributed by atoms with E-state index >= 15 is 0 Å². The molecule has 2 saturated heterocycles. The summed E-state index contributed by atoms with van der Waals surface area (Å²) < 4.78 is 0. The van der Waals surface area contributed by atoms with E-state index in [1.807, 2.05) is 0 Å². The van der Waals surface area contributed by atoms with E-state index in [9.17, 15) is 4.79 Å². The van der Waals surface area contributed by atoms with E-state index in [2.05, 4.69) is 20.4 Å². The molecule has 1 amide bonds. The van der Waals surface area contributed by atoms with Crippen LogP contribution in [0.15, 0.2) is 0 Å². The molecular formula is C13H26N4O. The number of carbonyl (C=O) groups excluding carboxylic acids is 1. The van der Waals surface area contributed by atoms with Gasteiger partial charge in [-0.05, 0) is 38.9 Å². The highest BCUT2D eigenvalue weighted by atomic mass is 16.2. The summed E-state index contributed by atoms with van der Waals surface area (Å²) in [4.78, 5) is 16.7. The number of hydrogen-bond acceptors (Lipinski definition) is 4. The second-order valence-corrected chi connectivity index (χ2v) is 5.27. The predicted octanol–water partition coefficient (Wildman–Crippen LogP) is -0.508. The van der Waals surface area contributed by atoms with Crippen LogP contribution in [0, 0.1) is 0 Å². The van der Waals surface area contributed by atoms with Gasteiger partial charge in [-0.25, -0.2) is 0 Å². The Bertz CT molecular complexity index is 266. The third-order valence-electron chi connectivity index (χ3n) is 4.02. The highest BCUT2D eigenvalue weighted by Crippen LogP contribution is 2.09. The Morgan fingerprint density at radius 1 is 1.28 bits per heavy atom. The number of likely N-dealkylation sites (tertiary alicyclic amines) is 1. The largest absolute Gasteiger partial charge is 0.358 e. The molecule has 0 radical (unpaired) electrons. The number of hydrogen-bond donors (Lipinski definition) is 2. The minimum atomic E-state index is 0.0160. The molecule has 2 N–H and O–H groups in total. The van der Waals surface area contributed by atoms with Crippen LogP contribution in [0.4, 0.5) is 0 Å². The minimum Gasteiger partial charge on any atom is -0.358 e. The molecule has 5 heteroatoms. The fourth-order valence-electron chi connectivity index (χ4n) is 2.94. The van der Waals surface area contributed by atoms with Gasteiger partial charge >= 0.3 is 0 Å². The number of amides is 1. The summed E-state index contributed by atoms with van der Waals surface area (Å²) in [6.07, 6.45) is 3.89. The van der Waals surface area contributed by atoms with E-state index in [4.69, 9.17) is 0 Å². The maximum atomic E-state index is 11.8. The van der Waals surface area contributed by atoms with Gasteiger partial charge in [-0.15, -0.1) is 0 Å². The van der Waals surface area contributed by atoms with Gasteiger partial charge in [0.2, 0.25) is 5.91 Å². The first kappa shape index (κ1) is 13.8. The number of rotatable bonds is 5. The van der Waals surface area contributed by atoms with Crippen molar-refractivity contribution >= 4 is 5.91 Å². The third-order valence-corrected chi connectivity index (χ3v) is 4.02. The minimum absolute atomic E-state index is 0.0160. The first-order valence-corrected chi connectivity index (χ1v) is 7.20. The van der Waals surface area contributed by atoms with Gasteiger partial charge in [-0.2, -0.15) is 0 Å². The summed E-state index contributed by atoms with van der Waals surface area (Å²) in [5.74, 6) is 0.142. The van der Waals surface area contributed by atoms with Crippen LogP contribution in [-0.2, 0) is 4.79 Å². The van der Waals surface area contributed by atoms with Crippen LogP contribution < -0.4 is 10.6 Å². The maximum Gasteiger partial charge on any atom is 0.238 e. The van der Waals surface area contributed by atoms with Gasteiger partial charge in [0.05, 0.1) is 0 Å². The van der Waals surface area contributed by atoms with Crippen molar-refractivity contribution < 1.29 is 4.79 Å². The molecule has 0 saturated carbocycles. The molecule has 18 heavy (non-hydrogen) atoms. The Morgan fingerprint density at radius 2 is 2.06 bits per heavy atom. The van der Waals surface area contributed by atoms with Crippen LogP contribution in [0.1, 0.15) is 19.3 Å². The van der Waals surface area contributed by atoms with E-state index in [1.54, 1.807) is 7.05 Å². The van der Waals surface area contributed by atoms with Gasteiger partial charge in [0.15, 0.2) is 0 Å². The summed E-state index contributed by atoms with van der Waals surface area (Å²) in [6, 6.07) is 0.0160. The van der Waals surface area contributed by atoms with Gasteiger partial charge in [0.25, 0.3) is 0 Å². The first-order chi connectivity index (χ1) is 8.81. The summed E-state index contributed by atoms with van der Waals surface area (Å²) >= 11 is 0. The van der Waals surface area contributed by atoms with Crippen molar-refractivity contribution in [3.05, 3.63) is 0 Å². The molecular weight excluding hydrogens is 228 g/mol. The first-order valence-electron chi connectivity index (χ1n) is 7.20. The summed E-state index contributed by atoms with van der Waals surface area (Å²) in [6.45, 7) is 7.51. The molecule has 5 nitrogen and oxygen atoms in total. The maximum absolute atomic E-state index is 11.8. The van der Waals surface area contributed by atoms with E-state index in [-0.39, 0.29) is 11.9 Å². The van der Waals surface area contributed by atoms with Gasteiger partial charge in [0, 0.05) is 33.2 Å². The fourth-order valence-corrected chi connectivity index (χ4v) is 2.94. The molecule has 2 heterocycles. The molecule has 0 spiro atoms. The summed E-state index contributed by atoms with van der Waals surface area (Å²) in [5, 5.41) is 6.06. The number of piperazine rings is 1. The quantitative estimate of drug-likeness (QED) is 0.694. The standard InChI is InChI=1S/C13H26N4O/c1-14-13(18)12-11-15-5-10-17(12)9-4-8-16-6-2-3-7-16/h12,15H,2-11H2,1H3,(H,14,18). The lowest BCUT2D eigenvalue weighted by atomic mass is 10.1. The molecule has 0 bridgehead atoms. The lowest BCUT2D eigenvalue weighted by Gasteiger charge is -2.35. The highest BCUT2D eigenvalue weighted by molar-refractivity contribution is 5.81. The van der Waals surface area contributed by atoms with E-state index in [0.717, 1.165) is 26.2 Å². The van der Waals surface area contributed by atoms with E-state index < -0.39 is 0 Å². The van der Waals surface area contributed by atoms with Gasteiger partial charge < -0.3 is 15.5 Å². The average molecular weight is 254 g/mol. The molecule has 2 fully saturated rings. The number of nitrogens with one attached hydrogen (secondary N) is 2. The van der Waals surface area contributed by atoms with Crippen LogP contribution in [0.3, 0.4) is 0 Å². The summed E-state index contributed by atoms with van der Waals surface area (Å²) in [7, 11) is 1.72. The monoisotopic (exact) mass is 254 g/mol. The van der Waals surface area contributed by atoms with Gasteiger partial charge in [-0.1, -0.05) is 0 Å². The second kappa shape index (κ2) is 7.07. The van der Waals surface area contributed by atoms with Crippen molar-refractivity contribution in [3.8, 4) is 0 Å². The highest BCUT2D eigenvalue weighted by Gasteiger charge is 2.27. The number of likely N-dealkylation sites (N-methyl/N-ethyl adjacent to an activating group) is 1. The van der Waals surface area contributed by atoms with E-state index in [1.165, 1.54) is 38.9 Å². The Labute approximate surface area is 110 Å². The average Bonchev–Trinajstić information content (AvgIpc) is 2.92. The Balaban J connectivity index is 1.72. The molecule has 0 aliphatic carbocycles. The van der Waals surface area contributed by atoms with E-state index in [0.29, 0.717) is 0 Å². The molecule has 0 aromatic rings. The topological polar surface area (TPSA) is 47.6 Å². The Kier molecular flexibility index (Phi) is 5.41. The fraction of sp³-hybridized carbons (Fsp3) is 0.923. The van der Waals surface area contributed by atoms with Crippen LogP contribution >= 0.6 is 0 Å². The normalized spacial score (nSPS) is 26.4. The smallest absolute Gasteiger partial charge is 0.238 e. The molecule has 0 aromatic carbocycles. The van der Waals surface area contributed by atoms with Crippen molar-refractivity contribution in [1.82, 2.24) is 20.4 Å². The number of carbonyl (C=O) groups is 1. The molecule has 0 aromatic heterocycles. The number of nitrogens with zero attached hydrogens (tertiary/aromatic N) is 2. The predicted molar refractivity (Wildman–Crippen MR) is 72.6 cm³/mol. The Morgan fingerprint density at radius 3 is 2.78 bits per heavy atom. The third kappa shape index (κ3) is 3.67.